The van der Waals surface area contributed by atoms with Crippen LogP contribution in [-0.2, 0) is 10.6 Å². The highest BCUT2D eigenvalue weighted by Crippen LogP contribution is 2.41. The number of rotatable bonds is 3. The number of aromatic nitrogens is 2. The molecule has 0 unspecified atom stereocenters. The van der Waals surface area contributed by atoms with Gasteiger partial charge in [-0.25, -0.2) is 4.79 Å². The Bertz CT molecular complexity index is 574. The van der Waals surface area contributed by atoms with Crippen molar-refractivity contribution in [3.63, 3.8) is 0 Å². The maximum atomic E-state index is 12.0. The molecule has 3 heterocycles. The van der Waals surface area contributed by atoms with Gasteiger partial charge >= 0.3 is 5.69 Å². The van der Waals surface area contributed by atoms with E-state index in [9.17, 15) is 20.1 Å². The van der Waals surface area contributed by atoms with E-state index in [-0.39, 0.29) is 5.82 Å². The molecule has 0 amide bonds. The maximum absolute atomic E-state index is 12.0. The summed E-state index contributed by atoms with van der Waals surface area (Å²) < 4.78 is 6.71. The van der Waals surface area contributed by atoms with Crippen molar-refractivity contribution in [1.29, 1.82) is 0 Å². The van der Waals surface area contributed by atoms with Crippen molar-refractivity contribution in [2.24, 2.45) is 0 Å². The molecular weight excluding hydrogens is 268 g/mol. The first kappa shape index (κ1) is 13.5. The van der Waals surface area contributed by atoms with Gasteiger partial charge in [-0.1, -0.05) is 0 Å². The van der Waals surface area contributed by atoms with Crippen LogP contribution < -0.4 is 11.4 Å². The lowest BCUT2D eigenvalue weighted by atomic mass is 10.1. The number of nitrogen functional groups attached to an aromatic ring is 1. The normalized spacial score (nSPS) is 37.2. The predicted molar refractivity (Wildman–Crippen MR) is 66.4 cm³/mol. The first-order chi connectivity index (χ1) is 9.50. The summed E-state index contributed by atoms with van der Waals surface area (Å²) in [6.45, 7) is 0.725. The first-order valence-corrected chi connectivity index (χ1v) is 6.26. The number of anilines is 1. The van der Waals surface area contributed by atoms with Gasteiger partial charge in [0.25, 0.3) is 0 Å². The minimum absolute atomic E-state index is 0.0546. The molecule has 0 radical (unpaired) electrons. The van der Waals surface area contributed by atoms with E-state index in [0.717, 1.165) is 4.57 Å². The molecule has 2 saturated heterocycles. The lowest BCUT2D eigenvalue weighted by Crippen LogP contribution is -2.55. The van der Waals surface area contributed by atoms with Crippen LogP contribution in [0.1, 0.15) is 0 Å². The summed E-state index contributed by atoms with van der Waals surface area (Å²) in [7, 11) is 0. The molecule has 3 rings (SSSR count). The van der Waals surface area contributed by atoms with Crippen molar-refractivity contribution in [2.75, 3.05) is 25.4 Å². The van der Waals surface area contributed by atoms with Crippen LogP contribution in [0, 0.1) is 0 Å². The Labute approximate surface area is 113 Å². The molecule has 0 bridgehead atoms. The second-order valence-electron chi connectivity index (χ2n) is 4.92. The van der Waals surface area contributed by atoms with E-state index >= 15 is 0 Å². The van der Waals surface area contributed by atoms with E-state index in [1.165, 1.54) is 12.3 Å². The van der Waals surface area contributed by atoms with Crippen molar-refractivity contribution in [2.45, 2.75) is 24.2 Å². The van der Waals surface area contributed by atoms with Crippen molar-refractivity contribution in [3.05, 3.63) is 22.7 Å². The summed E-state index contributed by atoms with van der Waals surface area (Å²) in [6.07, 6.45) is -2.30. The van der Waals surface area contributed by atoms with Crippen LogP contribution in [-0.4, -0.2) is 67.8 Å². The summed E-state index contributed by atoms with van der Waals surface area (Å²) in [5, 5.41) is 29.5. The Kier molecular flexibility index (Phi) is 3.03. The zero-order chi connectivity index (χ0) is 14.5. The van der Waals surface area contributed by atoms with Gasteiger partial charge in [-0.3, -0.25) is 9.47 Å². The van der Waals surface area contributed by atoms with E-state index in [1.807, 2.05) is 0 Å². The number of nitrogens with zero attached hydrogens (tertiary/aromatic N) is 3. The van der Waals surface area contributed by atoms with Gasteiger partial charge < -0.3 is 25.8 Å². The quantitative estimate of drug-likeness (QED) is 0.428. The SMILES string of the molecule is Nc1ccn([C@]2(N3CC3)O[C@H](CO)[C@@H](O)[C@H]2O)c(=O)n1. The summed E-state index contributed by atoms with van der Waals surface area (Å²) in [4.78, 5) is 17.3. The van der Waals surface area contributed by atoms with Crippen LogP contribution in [0.4, 0.5) is 5.82 Å². The lowest BCUT2D eigenvalue weighted by Gasteiger charge is -2.34. The average molecular weight is 284 g/mol. The summed E-state index contributed by atoms with van der Waals surface area (Å²) in [6, 6.07) is 1.40. The molecule has 2 aliphatic rings. The van der Waals surface area contributed by atoms with Gasteiger partial charge in [-0.05, 0) is 6.07 Å². The molecule has 2 fully saturated rings. The summed E-state index contributed by atoms with van der Waals surface area (Å²) in [5.41, 5.74) is 4.75. The highest BCUT2D eigenvalue weighted by Gasteiger charge is 2.62. The molecule has 9 nitrogen and oxygen atoms in total. The van der Waals surface area contributed by atoms with E-state index in [2.05, 4.69) is 4.98 Å². The van der Waals surface area contributed by atoms with Crippen molar-refractivity contribution < 1.29 is 20.1 Å². The van der Waals surface area contributed by atoms with E-state index < -0.39 is 36.5 Å². The van der Waals surface area contributed by atoms with E-state index in [1.54, 1.807) is 4.90 Å². The highest BCUT2D eigenvalue weighted by atomic mass is 16.6. The summed E-state index contributed by atoms with van der Waals surface area (Å²) >= 11 is 0. The average Bonchev–Trinajstić information content (AvgIpc) is 3.21. The Hall–Kier alpha value is -1.52. The third-order valence-electron chi connectivity index (χ3n) is 3.67. The van der Waals surface area contributed by atoms with Gasteiger partial charge in [0.15, 0.2) is 0 Å². The van der Waals surface area contributed by atoms with Gasteiger partial charge in [0.05, 0.1) is 6.61 Å². The zero-order valence-corrected chi connectivity index (χ0v) is 10.6. The second kappa shape index (κ2) is 4.50. The molecule has 4 atom stereocenters. The predicted octanol–water partition coefficient (Wildman–Crippen LogP) is -3.14. The number of hydrogen-bond acceptors (Lipinski definition) is 8. The molecule has 20 heavy (non-hydrogen) atoms. The molecule has 5 N–H and O–H groups in total. The molecule has 1 aromatic heterocycles. The molecule has 0 saturated carbocycles. The van der Waals surface area contributed by atoms with E-state index in [0.29, 0.717) is 13.1 Å². The molecule has 0 aromatic carbocycles. The monoisotopic (exact) mass is 284 g/mol. The Morgan fingerprint density at radius 3 is 2.70 bits per heavy atom. The Balaban J connectivity index is 2.11. The minimum atomic E-state index is -1.55. The number of hydrogen-bond donors (Lipinski definition) is 4. The van der Waals surface area contributed by atoms with Gasteiger partial charge in [0.2, 0.25) is 5.85 Å². The van der Waals surface area contributed by atoms with E-state index in [4.69, 9.17) is 10.5 Å². The van der Waals surface area contributed by atoms with Crippen molar-refractivity contribution in [3.8, 4) is 0 Å². The number of aliphatic hydroxyl groups is 3. The van der Waals surface area contributed by atoms with Gasteiger partial charge in [0.1, 0.15) is 24.1 Å². The van der Waals surface area contributed by atoms with Crippen LogP contribution in [0.5, 0.6) is 0 Å². The smallest absolute Gasteiger partial charge is 0.352 e. The fourth-order valence-electron chi connectivity index (χ4n) is 2.58. The van der Waals surface area contributed by atoms with Crippen LogP contribution in [0.3, 0.4) is 0 Å². The van der Waals surface area contributed by atoms with Crippen LogP contribution >= 0.6 is 0 Å². The van der Waals surface area contributed by atoms with Gasteiger partial charge in [-0.2, -0.15) is 4.98 Å². The third kappa shape index (κ3) is 1.75. The molecule has 0 spiro atoms. The van der Waals surface area contributed by atoms with Crippen molar-refractivity contribution in [1.82, 2.24) is 14.5 Å². The molecule has 2 aliphatic heterocycles. The topological polar surface area (TPSA) is 134 Å². The largest absolute Gasteiger partial charge is 0.394 e. The number of ether oxygens (including phenoxy) is 1. The molecule has 9 heteroatoms. The first-order valence-electron chi connectivity index (χ1n) is 6.26. The fourth-order valence-corrected chi connectivity index (χ4v) is 2.58. The van der Waals surface area contributed by atoms with Gasteiger partial charge in [0, 0.05) is 19.3 Å². The number of aliphatic hydroxyl groups excluding tert-OH is 3. The van der Waals surface area contributed by atoms with Crippen LogP contribution in [0.2, 0.25) is 0 Å². The molecule has 110 valence electrons. The third-order valence-corrected chi connectivity index (χ3v) is 3.67. The van der Waals surface area contributed by atoms with Gasteiger partial charge in [-0.15, -0.1) is 0 Å². The van der Waals surface area contributed by atoms with Crippen molar-refractivity contribution >= 4 is 5.82 Å². The summed E-state index contributed by atoms with van der Waals surface area (Å²) in [5.74, 6) is -1.50. The number of nitrogens with two attached hydrogens (primary N) is 1. The minimum Gasteiger partial charge on any atom is -0.394 e. The highest BCUT2D eigenvalue weighted by molar-refractivity contribution is 5.24. The Morgan fingerprint density at radius 2 is 2.20 bits per heavy atom. The Morgan fingerprint density at radius 1 is 1.50 bits per heavy atom. The standard InChI is InChI=1S/C11H16N4O5/c12-7-1-2-15(10(19)13-7)11(14-3-4-14)9(18)8(17)6(5-16)20-11/h1-2,6,8-9,16-18H,3-5H2,(H2,12,13,19)/t6-,8-,9-,11+/m1/s1. The van der Waals surface area contributed by atoms with Crippen LogP contribution in [0.25, 0.3) is 0 Å². The van der Waals surface area contributed by atoms with Crippen LogP contribution in [0.15, 0.2) is 17.1 Å². The molecule has 1 aromatic rings. The lowest BCUT2D eigenvalue weighted by molar-refractivity contribution is -0.210. The zero-order valence-electron chi connectivity index (χ0n) is 10.6. The molecular formula is C11H16N4O5. The maximum Gasteiger partial charge on any atom is 0.352 e. The molecule has 0 aliphatic carbocycles. The second-order valence-corrected chi connectivity index (χ2v) is 4.92. The fraction of sp³-hybridized carbons (Fsp3) is 0.636.